The molecule has 3 rings (SSSR count). The molecule has 19 heavy (non-hydrogen) atoms. The second-order valence-electron chi connectivity index (χ2n) is 5.44. The van der Waals surface area contributed by atoms with Crippen molar-refractivity contribution in [3.05, 3.63) is 29.8 Å². The van der Waals surface area contributed by atoms with Gasteiger partial charge in [0.05, 0.1) is 6.10 Å². The molecular weight excluding hydrogens is 240 g/mol. The minimum atomic E-state index is -0.374. The van der Waals surface area contributed by atoms with Crippen LogP contribution in [0.5, 0.6) is 0 Å². The zero-order chi connectivity index (χ0) is 13.2. The van der Waals surface area contributed by atoms with Gasteiger partial charge in [-0.15, -0.1) is 0 Å². The molecule has 4 nitrogen and oxygen atoms in total. The first kappa shape index (κ1) is 12.6. The van der Waals surface area contributed by atoms with Crippen LogP contribution in [0.25, 0.3) is 0 Å². The van der Waals surface area contributed by atoms with Gasteiger partial charge in [-0.1, -0.05) is 18.2 Å². The second kappa shape index (κ2) is 5.31. The van der Waals surface area contributed by atoms with Gasteiger partial charge in [0.1, 0.15) is 6.10 Å². The van der Waals surface area contributed by atoms with E-state index in [2.05, 4.69) is 11.4 Å². The lowest BCUT2D eigenvalue weighted by molar-refractivity contribution is -0.131. The highest BCUT2D eigenvalue weighted by Crippen LogP contribution is 2.26. The van der Waals surface area contributed by atoms with Crippen LogP contribution >= 0.6 is 0 Å². The third-order valence-corrected chi connectivity index (χ3v) is 4.09. The van der Waals surface area contributed by atoms with E-state index in [9.17, 15) is 4.79 Å². The highest BCUT2D eigenvalue weighted by atomic mass is 16.5. The van der Waals surface area contributed by atoms with E-state index in [0.717, 1.165) is 37.8 Å². The van der Waals surface area contributed by atoms with Gasteiger partial charge in [-0.2, -0.15) is 0 Å². The topological polar surface area (TPSA) is 64.3 Å². The van der Waals surface area contributed by atoms with E-state index < -0.39 is 0 Å². The van der Waals surface area contributed by atoms with Crippen LogP contribution in [0, 0.1) is 0 Å². The molecule has 1 aromatic rings. The molecule has 102 valence electrons. The monoisotopic (exact) mass is 260 g/mol. The number of amides is 1. The summed E-state index contributed by atoms with van der Waals surface area (Å²) in [5, 5.41) is 2.96. The van der Waals surface area contributed by atoms with E-state index >= 15 is 0 Å². The molecule has 3 N–H and O–H groups in total. The van der Waals surface area contributed by atoms with Crippen molar-refractivity contribution in [2.24, 2.45) is 5.73 Å². The van der Waals surface area contributed by atoms with Gasteiger partial charge >= 0.3 is 0 Å². The average Bonchev–Trinajstić information content (AvgIpc) is 2.73. The number of para-hydroxylation sites is 1. The van der Waals surface area contributed by atoms with Crippen molar-refractivity contribution in [2.75, 3.05) is 5.32 Å². The number of ether oxygens (including phenoxy) is 1. The number of aryl methyl sites for hydroxylation is 1. The predicted octanol–water partition coefficient (Wildman–Crippen LogP) is 1.84. The van der Waals surface area contributed by atoms with Crippen molar-refractivity contribution in [3.63, 3.8) is 0 Å². The summed E-state index contributed by atoms with van der Waals surface area (Å²) < 4.78 is 5.95. The van der Waals surface area contributed by atoms with Gasteiger partial charge < -0.3 is 15.8 Å². The molecule has 1 heterocycles. The van der Waals surface area contributed by atoms with E-state index in [1.807, 2.05) is 18.2 Å². The van der Waals surface area contributed by atoms with Crippen LogP contribution in [0.2, 0.25) is 0 Å². The van der Waals surface area contributed by atoms with Crippen molar-refractivity contribution in [1.29, 1.82) is 0 Å². The Morgan fingerprint density at radius 1 is 1.21 bits per heavy atom. The van der Waals surface area contributed by atoms with E-state index in [1.54, 1.807) is 0 Å². The first-order valence-electron chi connectivity index (χ1n) is 7.04. The number of rotatable bonds is 2. The fraction of sp³-hybridized carbons (Fsp3) is 0.533. The van der Waals surface area contributed by atoms with Crippen molar-refractivity contribution in [1.82, 2.24) is 0 Å². The molecule has 1 saturated carbocycles. The maximum atomic E-state index is 12.2. The number of hydrogen-bond acceptors (Lipinski definition) is 3. The van der Waals surface area contributed by atoms with E-state index in [4.69, 9.17) is 10.5 Å². The lowest BCUT2D eigenvalue weighted by Crippen LogP contribution is -2.39. The second-order valence-corrected chi connectivity index (χ2v) is 5.44. The normalized spacial score (nSPS) is 30.6. The SMILES string of the molecule is NC1CCCC1OC1CCc2ccccc2NC1=O. The molecule has 4 heteroatoms. The molecule has 1 aromatic carbocycles. The summed E-state index contributed by atoms with van der Waals surface area (Å²) >= 11 is 0. The largest absolute Gasteiger partial charge is 0.364 e. The Hall–Kier alpha value is -1.39. The number of nitrogens with one attached hydrogen (secondary N) is 1. The zero-order valence-electron chi connectivity index (χ0n) is 11.0. The maximum absolute atomic E-state index is 12.2. The Morgan fingerprint density at radius 3 is 2.84 bits per heavy atom. The number of benzene rings is 1. The molecule has 2 aliphatic rings. The summed E-state index contributed by atoms with van der Waals surface area (Å²) in [4.78, 5) is 12.2. The average molecular weight is 260 g/mol. The minimum Gasteiger partial charge on any atom is -0.364 e. The summed E-state index contributed by atoms with van der Waals surface area (Å²) in [6.45, 7) is 0. The summed E-state index contributed by atoms with van der Waals surface area (Å²) in [6, 6.07) is 8.01. The third kappa shape index (κ3) is 2.65. The zero-order valence-corrected chi connectivity index (χ0v) is 11.0. The molecule has 0 radical (unpaired) electrons. The van der Waals surface area contributed by atoms with Crippen LogP contribution in [-0.2, 0) is 16.0 Å². The predicted molar refractivity (Wildman–Crippen MR) is 73.9 cm³/mol. The minimum absolute atomic E-state index is 0.0379. The molecule has 1 amide bonds. The highest BCUT2D eigenvalue weighted by molar-refractivity contribution is 5.95. The molecule has 0 bridgehead atoms. The molecule has 3 unspecified atom stereocenters. The Morgan fingerprint density at radius 2 is 2.05 bits per heavy atom. The first-order valence-corrected chi connectivity index (χ1v) is 7.04. The summed E-state index contributed by atoms with van der Waals surface area (Å²) in [5.41, 5.74) is 8.10. The molecular formula is C15H20N2O2. The first-order chi connectivity index (χ1) is 9.24. The van der Waals surface area contributed by atoms with Gasteiger partial charge in [-0.3, -0.25) is 4.79 Å². The van der Waals surface area contributed by atoms with Gasteiger partial charge in [0.2, 0.25) is 0 Å². The standard InChI is InChI=1S/C15H20N2O2/c16-11-5-3-7-13(11)19-14-9-8-10-4-1-2-6-12(10)17-15(14)18/h1-2,4,6,11,13-14H,3,5,7-9,16H2,(H,17,18). The van der Waals surface area contributed by atoms with Crippen LogP contribution in [0.3, 0.4) is 0 Å². The number of anilines is 1. The highest BCUT2D eigenvalue weighted by Gasteiger charge is 2.31. The number of fused-ring (bicyclic) bond motifs is 1. The lowest BCUT2D eigenvalue weighted by Gasteiger charge is -2.22. The van der Waals surface area contributed by atoms with Crippen LogP contribution in [0.4, 0.5) is 5.69 Å². The molecule has 3 atom stereocenters. The Kier molecular flexibility index (Phi) is 3.53. The fourth-order valence-corrected chi connectivity index (χ4v) is 2.96. The van der Waals surface area contributed by atoms with Crippen LogP contribution in [0.1, 0.15) is 31.2 Å². The maximum Gasteiger partial charge on any atom is 0.253 e. The van der Waals surface area contributed by atoms with Crippen molar-refractivity contribution in [3.8, 4) is 0 Å². The van der Waals surface area contributed by atoms with E-state index in [-0.39, 0.29) is 24.2 Å². The van der Waals surface area contributed by atoms with Crippen molar-refractivity contribution in [2.45, 2.75) is 50.4 Å². The van der Waals surface area contributed by atoms with Gasteiger partial charge in [0.15, 0.2) is 0 Å². The molecule has 1 fully saturated rings. The van der Waals surface area contributed by atoms with Gasteiger partial charge in [-0.05, 0) is 43.7 Å². The van der Waals surface area contributed by atoms with E-state index in [1.165, 1.54) is 5.56 Å². The summed E-state index contributed by atoms with van der Waals surface area (Å²) in [5.74, 6) is -0.0379. The summed E-state index contributed by atoms with van der Waals surface area (Å²) in [6.07, 6.45) is 4.32. The van der Waals surface area contributed by atoms with Gasteiger partial charge in [-0.25, -0.2) is 0 Å². The van der Waals surface area contributed by atoms with Crippen LogP contribution < -0.4 is 11.1 Å². The Labute approximate surface area is 113 Å². The lowest BCUT2D eigenvalue weighted by atomic mass is 10.1. The number of nitrogens with two attached hydrogens (primary N) is 1. The van der Waals surface area contributed by atoms with Gasteiger partial charge in [0, 0.05) is 11.7 Å². The third-order valence-electron chi connectivity index (χ3n) is 4.09. The molecule has 1 aliphatic heterocycles. The molecule has 1 aliphatic carbocycles. The van der Waals surface area contributed by atoms with Crippen LogP contribution in [0.15, 0.2) is 24.3 Å². The van der Waals surface area contributed by atoms with Crippen molar-refractivity contribution < 1.29 is 9.53 Å². The number of carbonyl (C=O) groups excluding carboxylic acids is 1. The van der Waals surface area contributed by atoms with Crippen molar-refractivity contribution >= 4 is 11.6 Å². The van der Waals surface area contributed by atoms with E-state index in [0.29, 0.717) is 0 Å². The number of carbonyl (C=O) groups is 1. The summed E-state index contributed by atoms with van der Waals surface area (Å²) in [7, 11) is 0. The smallest absolute Gasteiger partial charge is 0.253 e. The molecule has 0 aromatic heterocycles. The molecule has 0 saturated heterocycles. The van der Waals surface area contributed by atoms with Crippen LogP contribution in [-0.4, -0.2) is 24.2 Å². The number of hydrogen-bond donors (Lipinski definition) is 2. The Balaban J connectivity index is 1.70. The van der Waals surface area contributed by atoms with Gasteiger partial charge in [0.25, 0.3) is 5.91 Å². The Bertz CT molecular complexity index is 475. The molecule has 0 spiro atoms. The quantitative estimate of drug-likeness (QED) is 0.852. The fourth-order valence-electron chi connectivity index (χ4n) is 2.96.